The molecule has 2 unspecified atom stereocenters. The zero-order valence-corrected chi connectivity index (χ0v) is 21.8. The number of amides is 1. The summed E-state index contributed by atoms with van der Waals surface area (Å²) in [6.45, 7) is 4.76. The maximum Gasteiger partial charge on any atom is 0.225 e. The minimum absolute atomic E-state index is 0. The average molecular weight is 554 g/mol. The number of likely N-dealkylation sites (tertiary alicyclic amines) is 2. The first kappa shape index (κ1) is 25.3. The Kier molecular flexibility index (Phi) is 10.1. The predicted molar refractivity (Wildman–Crippen MR) is 141 cm³/mol. The maximum absolute atomic E-state index is 12.8. The first-order valence-corrected chi connectivity index (χ1v) is 12.3. The van der Waals surface area contributed by atoms with E-state index in [2.05, 4.69) is 55.8 Å². The van der Waals surface area contributed by atoms with Crippen molar-refractivity contribution in [3.63, 3.8) is 0 Å². The molecule has 0 aromatic heterocycles. The zero-order valence-electron chi connectivity index (χ0n) is 19.5. The molecule has 0 spiro atoms. The number of carbonyl (C=O) groups is 1. The van der Waals surface area contributed by atoms with Crippen molar-refractivity contribution in [3.05, 3.63) is 35.9 Å². The number of carbonyl (C=O) groups excluding carboxylic acids is 1. The normalized spacial score (nSPS) is 24.9. The summed E-state index contributed by atoms with van der Waals surface area (Å²) >= 11 is 0. The number of aliphatic imine (C=N–C) groups is 1. The van der Waals surface area contributed by atoms with Crippen molar-refractivity contribution in [1.82, 2.24) is 20.4 Å². The summed E-state index contributed by atoms with van der Waals surface area (Å²) in [5, 5.41) is 7.12. The van der Waals surface area contributed by atoms with Crippen LogP contribution in [-0.4, -0.2) is 67.0 Å². The molecule has 7 heteroatoms. The van der Waals surface area contributed by atoms with Crippen molar-refractivity contribution in [2.24, 2.45) is 10.9 Å². The van der Waals surface area contributed by atoms with E-state index in [0.717, 1.165) is 57.9 Å². The van der Waals surface area contributed by atoms with Crippen LogP contribution in [0, 0.1) is 5.92 Å². The smallest absolute Gasteiger partial charge is 0.225 e. The number of hydrogen-bond acceptors (Lipinski definition) is 3. The summed E-state index contributed by atoms with van der Waals surface area (Å²) in [5.41, 5.74) is 1.38. The lowest BCUT2D eigenvalue weighted by atomic mass is 9.88. The van der Waals surface area contributed by atoms with Gasteiger partial charge in [-0.3, -0.25) is 14.7 Å². The van der Waals surface area contributed by atoms with Crippen LogP contribution < -0.4 is 10.6 Å². The van der Waals surface area contributed by atoms with Crippen molar-refractivity contribution in [1.29, 1.82) is 0 Å². The fourth-order valence-corrected chi connectivity index (χ4v) is 5.44. The Morgan fingerprint density at radius 1 is 1.03 bits per heavy atom. The average Bonchev–Trinajstić information content (AvgIpc) is 3.47. The van der Waals surface area contributed by atoms with Gasteiger partial charge in [-0.25, -0.2) is 0 Å². The standard InChI is InChI=1S/C25H39N5O.HI/c1-26-25(27-17-23-13-8-15-29(23)18-20-9-4-2-5-10-20)28-22-14-16-30(19-22)24(31)21-11-6-3-7-12-21;/h2,4-5,9-10,21-23H,3,6-8,11-19H2,1H3,(H2,26,27,28);1H. The van der Waals surface area contributed by atoms with Crippen LogP contribution in [0.25, 0.3) is 0 Å². The van der Waals surface area contributed by atoms with Gasteiger partial charge in [0.2, 0.25) is 5.91 Å². The van der Waals surface area contributed by atoms with Crippen molar-refractivity contribution < 1.29 is 4.79 Å². The molecular weight excluding hydrogens is 513 g/mol. The molecule has 1 saturated carbocycles. The van der Waals surface area contributed by atoms with Gasteiger partial charge < -0.3 is 15.5 Å². The maximum atomic E-state index is 12.8. The summed E-state index contributed by atoms with van der Waals surface area (Å²) in [5.74, 6) is 1.51. The molecule has 1 aromatic carbocycles. The van der Waals surface area contributed by atoms with Crippen molar-refractivity contribution in [2.75, 3.05) is 33.2 Å². The van der Waals surface area contributed by atoms with Gasteiger partial charge in [0, 0.05) is 51.2 Å². The van der Waals surface area contributed by atoms with Crippen LogP contribution in [0.5, 0.6) is 0 Å². The molecule has 1 amide bonds. The first-order chi connectivity index (χ1) is 15.2. The van der Waals surface area contributed by atoms with E-state index in [1.807, 2.05) is 7.05 Å². The van der Waals surface area contributed by atoms with Gasteiger partial charge in [-0.15, -0.1) is 24.0 Å². The lowest BCUT2D eigenvalue weighted by molar-refractivity contribution is -0.135. The molecule has 32 heavy (non-hydrogen) atoms. The highest BCUT2D eigenvalue weighted by Gasteiger charge is 2.32. The van der Waals surface area contributed by atoms with Gasteiger partial charge in [0.15, 0.2) is 5.96 Å². The minimum atomic E-state index is 0. The van der Waals surface area contributed by atoms with E-state index in [1.54, 1.807) is 0 Å². The number of benzene rings is 1. The second kappa shape index (κ2) is 12.8. The van der Waals surface area contributed by atoms with E-state index in [4.69, 9.17) is 0 Å². The Bertz CT molecular complexity index is 737. The van der Waals surface area contributed by atoms with Crippen LogP contribution in [-0.2, 0) is 11.3 Å². The second-order valence-corrected chi connectivity index (χ2v) is 9.45. The highest BCUT2D eigenvalue weighted by atomic mass is 127. The molecule has 6 nitrogen and oxygen atoms in total. The third-order valence-corrected chi connectivity index (χ3v) is 7.25. The summed E-state index contributed by atoms with van der Waals surface area (Å²) in [6.07, 6.45) is 9.36. The fourth-order valence-electron chi connectivity index (χ4n) is 5.44. The topological polar surface area (TPSA) is 60.0 Å². The minimum Gasteiger partial charge on any atom is -0.355 e. The Balaban J connectivity index is 0.00000289. The van der Waals surface area contributed by atoms with E-state index < -0.39 is 0 Å². The molecule has 2 atom stereocenters. The molecule has 178 valence electrons. The number of hydrogen-bond donors (Lipinski definition) is 2. The highest BCUT2D eigenvalue weighted by molar-refractivity contribution is 14.0. The van der Waals surface area contributed by atoms with Gasteiger partial charge in [-0.2, -0.15) is 0 Å². The van der Waals surface area contributed by atoms with Gasteiger partial charge in [0.1, 0.15) is 0 Å². The molecule has 2 heterocycles. The van der Waals surface area contributed by atoms with Crippen LogP contribution in [0.4, 0.5) is 0 Å². The molecule has 0 bridgehead atoms. The van der Waals surface area contributed by atoms with E-state index in [-0.39, 0.29) is 29.9 Å². The lowest BCUT2D eigenvalue weighted by Crippen LogP contribution is -2.48. The van der Waals surface area contributed by atoms with Gasteiger partial charge in [0.05, 0.1) is 0 Å². The van der Waals surface area contributed by atoms with Gasteiger partial charge in [-0.1, -0.05) is 49.6 Å². The molecule has 2 aliphatic heterocycles. The quantitative estimate of drug-likeness (QED) is 0.321. The zero-order chi connectivity index (χ0) is 21.5. The number of guanidine groups is 1. The van der Waals surface area contributed by atoms with Crippen molar-refractivity contribution in [2.45, 2.75) is 70.0 Å². The Hall–Kier alpha value is -1.35. The number of halogens is 1. The van der Waals surface area contributed by atoms with Crippen LogP contribution in [0.1, 0.15) is 56.9 Å². The third-order valence-electron chi connectivity index (χ3n) is 7.25. The third kappa shape index (κ3) is 6.83. The number of rotatable bonds is 6. The van der Waals surface area contributed by atoms with Gasteiger partial charge in [-0.05, 0) is 44.2 Å². The van der Waals surface area contributed by atoms with Crippen LogP contribution in [0.15, 0.2) is 35.3 Å². The van der Waals surface area contributed by atoms with Crippen LogP contribution in [0.2, 0.25) is 0 Å². The molecular formula is C25H40IN5O. The van der Waals surface area contributed by atoms with Crippen molar-refractivity contribution >= 4 is 35.8 Å². The highest BCUT2D eigenvalue weighted by Crippen LogP contribution is 2.27. The second-order valence-electron chi connectivity index (χ2n) is 9.45. The predicted octanol–water partition coefficient (Wildman–Crippen LogP) is 3.62. The molecule has 3 aliphatic rings. The molecule has 0 radical (unpaired) electrons. The molecule has 1 aliphatic carbocycles. The van der Waals surface area contributed by atoms with Gasteiger partial charge in [0.25, 0.3) is 0 Å². The molecule has 2 N–H and O–H groups in total. The summed E-state index contributed by atoms with van der Waals surface area (Å²) in [7, 11) is 1.84. The van der Waals surface area contributed by atoms with Crippen LogP contribution >= 0.6 is 24.0 Å². The summed E-state index contributed by atoms with van der Waals surface area (Å²) < 4.78 is 0. The molecule has 4 rings (SSSR count). The van der Waals surface area contributed by atoms with Crippen molar-refractivity contribution in [3.8, 4) is 0 Å². The molecule has 2 saturated heterocycles. The Morgan fingerprint density at radius 3 is 2.56 bits per heavy atom. The number of nitrogens with one attached hydrogen (secondary N) is 2. The lowest BCUT2D eigenvalue weighted by Gasteiger charge is -2.27. The fraction of sp³-hybridized carbons (Fsp3) is 0.680. The molecule has 1 aromatic rings. The summed E-state index contributed by atoms with van der Waals surface area (Å²) in [4.78, 5) is 21.9. The van der Waals surface area contributed by atoms with E-state index in [0.29, 0.717) is 18.0 Å². The number of nitrogens with zero attached hydrogens (tertiary/aromatic N) is 3. The van der Waals surface area contributed by atoms with E-state index in [1.165, 1.54) is 37.7 Å². The summed E-state index contributed by atoms with van der Waals surface area (Å²) in [6, 6.07) is 11.6. The molecule has 3 fully saturated rings. The van der Waals surface area contributed by atoms with Crippen LogP contribution in [0.3, 0.4) is 0 Å². The SMILES string of the molecule is CN=C(NCC1CCCN1Cc1ccccc1)NC1CCN(C(=O)C2CCCCC2)C1.I. The largest absolute Gasteiger partial charge is 0.355 e. The Labute approximate surface area is 210 Å². The van der Waals surface area contributed by atoms with Gasteiger partial charge >= 0.3 is 0 Å². The van der Waals surface area contributed by atoms with E-state index >= 15 is 0 Å². The monoisotopic (exact) mass is 553 g/mol. The first-order valence-electron chi connectivity index (χ1n) is 12.3. The van der Waals surface area contributed by atoms with E-state index in [9.17, 15) is 4.79 Å². The Morgan fingerprint density at radius 2 is 1.81 bits per heavy atom.